The van der Waals surface area contributed by atoms with Crippen LogP contribution in [0.3, 0.4) is 0 Å². The zero-order valence-corrected chi connectivity index (χ0v) is 14.5. The first-order chi connectivity index (χ1) is 12.6. The van der Waals surface area contributed by atoms with Crippen LogP contribution in [0, 0.1) is 0 Å². The Morgan fingerprint density at radius 1 is 1.08 bits per heavy atom. The van der Waals surface area contributed by atoms with E-state index in [4.69, 9.17) is 0 Å². The predicted octanol–water partition coefficient (Wildman–Crippen LogP) is 3.41. The van der Waals surface area contributed by atoms with Crippen LogP contribution in [-0.4, -0.2) is 31.3 Å². The van der Waals surface area contributed by atoms with Gasteiger partial charge in [-0.25, -0.2) is 0 Å². The molecule has 4 aromatic rings. The lowest BCUT2D eigenvalue weighted by Gasteiger charge is -2.06. The Kier molecular flexibility index (Phi) is 4.22. The van der Waals surface area contributed by atoms with Gasteiger partial charge in [0.2, 0.25) is 11.8 Å². The second kappa shape index (κ2) is 6.68. The third-order valence-corrected chi connectivity index (χ3v) is 4.97. The van der Waals surface area contributed by atoms with Crippen LogP contribution in [0.25, 0.3) is 21.8 Å². The molecule has 0 atom stereocenters. The van der Waals surface area contributed by atoms with Crippen molar-refractivity contribution in [1.82, 2.24) is 14.5 Å². The summed E-state index contributed by atoms with van der Waals surface area (Å²) < 4.78 is 1.74. The normalized spacial score (nSPS) is 11.2. The molecule has 0 saturated carbocycles. The van der Waals surface area contributed by atoms with Gasteiger partial charge < -0.3 is 10.1 Å². The van der Waals surface area contributed by atoms with E-state index in [1.807, 2.05) is 48.5 Å². The van der Waals surface area contributed by atoms with Crippen LogP contribution in [0.15, 0.2) is 64.5 Å². The SMILES string of the molecule is O=C(CCSc1nc(O)cc(=O)[nH]1)n1c2ccccc2c2ccccc21. The molecule has 0 spiro atoms. The third kappa shape index (κ3) is 2.97. The van der Waals surface area contributed by atoms with E-state index in [0.717, 1.165) is 27.9 Å². The molecule has 130 valence electrons. The van der Waals surface area contributed by atoms with Crippen molar-refractivity contribution in [2.45, 2.75) is 11.6 Å². The Bertz CT molecular complexity index is 1130. The molecule has 2 N–H and O–H groups in total. The van der Waals surface area contributed by atoms with Crippen molar-refractivity contribution in [3.8, 4) is 5.88 Å². The molecule has 0 fully saturated rings. The van der Waals surface area contributed by atoms with Crippen LogP contribution in [0.1, 0.15) is 11.2 Å². The largest absolute Gasteiger partial charge is 0.493 e. The van der Waals surface area contributed by atoms with Crippen LogP contribution < -0.4 is 5.56 Å². The van der Waals surface area contributed by atoms with Crippen molar-refractivity contribution in [2.75, 3.05) is 5.75 Å². The predicted molar refractivity (Wildman–Crippen MR) is 102 cm³/mol. The zero-order chi connectivity index (χ0) is 18.1. The molecule has 4 rings (SSSR count). The Balaban J connectivity index is 1.61. The first-order valence-electron chi connectivity index (χ1n) is 8.08. The average Bonchev–Trinajstić information content (AvgIpc) is 2.95. The standard InChI is InChI=1S/C19H15N3O3S/c23-16-11-17(24)21-19(20-16)26-10-9-18(25)22-14-7-3-1-5-12(14)13-6-2-4-8-15(13)22/h1-8,11H,9-10H2,(H2,20,21,23,24). The summed E-state index contributed by atoms with van der Waals surface area (Å²) in [6.07, 6.45) is 0.271. The number of aromatic amines is 1. The van der Waals surface area contributed by atoms with Crippen LogP contribution in [-0.2, 0) is 0 Å². The van der Waals surface area contributed by atoms with E-state index in [0.29, 0.717) is 10.9 Å². The fraction of sp³-hybridized carbons (Fsp3) is 0.105. The lowest BCUT2D eigenvalue weighted by atomic mass is 10.2. The highest BCUT2D eigenvalue weighted by Gasteiger charge is 2.15. The second-order valence-electron chi connectivity index (χ2n) is 5.77. The fourth-order valence-corrected chi connectivity index (χ4v) is 3.83. The number of aromatic nitrogens is 3. The number of fused-ring (bicyclic) bond motifs is 3. The Labute approximate surface area is 152 Å². The Morgan fingerprint density at radius 2 is 1.69 bits per heavy atom. The van der Waals surface area contributed by atoms with Crippen molar-refractivity contribution < 1.29 is 9.90 Å². The molecule has 2 aromatic heterocycles. The minimum atomic E-state index is -0.422. The van der Waals surface area contributed by atoms with Crippen molar-refractivity contribution in [1.29, 1.82) is 0 Å². The molecule has 2 heterocycles. The van der Waals surface area contributed by atoms with Gasteiger partial charge in [-0.05, 0) is 12.1 Å². The van der Waals surface area contributed by atoms with Gasteiger partial charge in [0.25, 0.3) is 5.56 Å². The highest BCUT2D eigenvalue weighted by atomic mass is 32.2. The molecule has 26 heavy (non-hydrogen) atoms. The number of H-pyrrole nitrogens is 1. The van der Waals surface area contributed by atoms with Crippen LogP contribution in [0.5, 0.6) is 5.88 Å². The summed E-state index contributed by atoms with van der Waals surface area (Å²) in [6, 6.07) is 16.7. The third-order valence-electron chi connectivity index (χ3n) is 4.09. The van der Waals surface area contributed by atoms with Crippen molar-refractivity contribution in [3.05, 3.63) is 65.0 Å². The number of carbonyl (C=O) groups is 1. The summed E-state index contributed by atoms with van der Waals surface area (Å²) in [4.78, 5) is 30.6. The molecule has 0 saturated heterocycles. The van der Waals surface area contributed by atoms with Gasteiger partial charge in [-0.15, -0.1) is 0 Å². The van der Waals surface area contributed by atoms with Crippen LogP contribution in [0.4, 0.5) is 0 Å². The minimum Gasteiger partial charge on any atom is -0.493 e. The lowest BCUT2D eigenvalue weighted by molar-refractivity contribution is 0.0920. The summed E-state index contributed by atoms with van der Waals surface area (Å²) in [5.41, 5.74) is 1.34. The summed E-state index contributed by atoms with van der Waals surface area (Å²) in [7, 11) is 0. The maximum Gasteiger partial charge on any atom is 0.255 e. The molecule has 2 aromatic carbocycles. The molecule has 0 radical (unpaired) electrons. The zero-order valence-electron chi connectivity index (χ0n) is 13.7. The van der Waals surface area contributed by atoms with Gasteiger partial charge in [0, 0.05) is 22.9 Å². The van der Waals surface area contributed by atoms with Gasteiger partial charge >= 0.3 is 0 Å². The average molecular weight is 365 g/mol. The van der Waals surface area contributed by atoms with Crippen molar-refractivity contribution in [3.63, 3.8) is 0 Å². The van der Waals surface area contributed by atoms with E-state index in [9.17, 15) is 14.7 Å². The smallest absolute Gasteiger partial charge is 0.255 e. The summed E-state index contributed by atoms with van der Waals surface area (Å²) in [6.45, 7) is 0. The van der Waals surface area contributed by atoms with E-state index in [1.165, 1.54) is 11.8 Å². The van der Waals surface area contributed by atoms with Crippen LogP contribution in [0.2, 0.25) is 0 Å². The van der Waals surface area contributed by atoms with E-state index < -0.39 is 5.56 Å². The topological polar surface area (TPSA) is 88.0 Å². The minimum absolute atomic E-state index is 0.0302. The number of hydrogen-bond acceptors (Lipinski definition) is 5. The molecule has 6 nitrogen and oxygen atoms in total. The molecule has 7 heteroatoms. The maximum absolute atomic E-state index is 12.9. The fourth-order valence-electron chi connectivity index (χ4n) is 3.03. The van der Waals surface area contributed by atoms with E-state index >= 15 is 0 Å². The van der Waals surface area contributed by atoms with Crippen molar-refractivity contribution >= 4 is 39.5 Å². The Hall–Kier alpha value is -3.06. The molecule has 0 bridgehead atoms. The molecule has 0 amide bonds. The van der Waals surface area contributed by atoms with E-state index in [2.05, 4.69) is 9.97 Å². The number of aromatic hydroxyl groups is 1. The molecule has 0 aliphatic rings. The summed E-state index contributed by atoms with van der Waals surface area (Å²) in [5.74, 6) is 0.0777. The summed E-state index contributed by atoms with van der Waals surface area (Å²) in [5, 5.41) is 11.8. The van der Waals surface area contributed by atoms with E-state index in [-0.39, 0.29) is 18.2 Å². The van der Waals surface area contributed by atoms with Gasteiger partial charge in [0.15, 0.2) is 5.16 Å². The first kappa shape index (κ1) is 16.4. The first-order valence-corrected chi connectivity index (χ1v) is 9.06. The van der Waals surface area contributed by atoms with Crippen LogP contribution >= 0.6 is 11.8 Å². The number of carbonyl (C=O) groups excluding carboxylic acids is 1. The number of hydrogen-bond donors (Lipinski definition) is 2. The number of nitrogens with zero attached hydrogens (tertiary/aromatic N) is 2. The molecular weight excluding hydrogens is 350 g/mol. The van der Waals surface area contributed by atoms with Gasteiger partial charge in [0.05, 0.1) is 17.1 Å². The number of para-hydroxylation sites is 2. The van der Waals surface area contributed by atoms with Gasteiger partial charge in [0.1, 0.15) is 0 Å². The number of nitrogens with one attached hydrogen (secondary N) is 1. The lowest BCUT2D eigenvalue weighted by Crippen LogP contribution is -2.11. The number of benzene rings is 2. The van der Waals surface area contributed by atoms with Gasteiger partial charge in [-0.1, -0.05) is 48.2 Å². The summed E-state index contributed by atoms with van der Waals surface area (Å²) >= 11 is 1.22. The molecule has 0 unspecified atom stereocenters. The number of thioether (sulfide) groups is 1. The second-order valence-corrected chi connectivity index (χ2v) is 6.85. The van der Waals surface area contributed by atoms with Crippen molar-refractivity contribution in [2.24, 2.45) is 0 Å². The number of rotatable bonds is 4. The van der Waals surface area contributed by atoms with E-state index in [1.54, 1.807) is 4.57 Å². The monoisotopic (exact) mass is 365 g/mol. The Morgan fingerprint density at radius 3 is 2.31 bits per heavy atom. The highest BCUT2D eigenvalue weighted by molar-refractivity contribution is 7.99. The maximum atomic E-state index is 12.9. The molecule has 0 aliphatic heterocycles. The van der Waals surface area contributed by atoms with Gasteiger partial charge in [-0.2, -0.15) is 4.98 Å². The quantitative estimate of drug-likeness (QED) is 0.427. The molecular formula is C19H15N3O3S. The molecule has 0 aliphatic carbocycles. The highest BCUT2D eigenvalue weighted by Crippen LogP contribution is 2.29. The van der Waals surface area contributed by atoms with Gasteiger partial charge in [-0.3, -0.25) is 14.2 Å².